The molecule has 1 aliphatic heterocycles. The van der Waals surface area contributed by atoms with Crippen molar-refractivity contribution >= 4 is 11.0 Å². The summed E-state index contributed by atoms with van der Waals surface area (Å²) >= 11 is 0. The second-order valence-corrected chi connectivity index (χ2v) is 7.80. The van der Waals surface area contributed by atoms with Gasteiger partial charge in [0.2, 0.25) is 5.75 Å². The van der Waals surface area contributed by atoms with E-state index < -0.39 is 12.3 Å². The number of hydrogen-bond donors (Lipinski definition) is 1. The minimum Gasteiger partial charge on any atom is -0.493 e. The molecule has 3 aromatic rings. The first-order valence-electron chi connectivity index (χ1n) is 10.2. The van der Waals surface area contributed by atoms with Crippen LogP contribution in [0.25, 0.3) is 11.0 Å². The summed E-state index contributed by atoms with van der Waals surface area (Å²) in [5.74, 6) is 2.41. The fourth-order valence-electron chi connectivity index (χ4n) is 4.01. The molecule has 0 spiro atoms. The highest BCUT2D eigenvalue weighted by Gasteiger charge is 2.34. The van der Waals surface area contributed by atoms with Crippen molar-refractivity contribution in [1.82, 2.24) is 14.9 Å². The molecule has 1 fully saturated rings. The van der Waals surface area contributed by atoms with Gasteiger partial charge in [0, 0.05) is 19.6 Å². The Morgan fingerprint density at radius 3 is 2.48 bits per heavy atom. The van der Waals surface area contributed by atoms with E-state index in [0.717, 1.165) is 22.2 Å². The molecule has 0 amide bonds. The predicted octanol–water partition coefficient (Wildman–Crippen LogP) is 3.64. The summed E-state index contributed by atoms with van der Waals surface area (Å²) < 4.78 is 36.7. The van der Waals surface area contributed by atoms with Crippen molar-refractivity contribution in [2.75, 3.05) is 34.4 Å². The van der Waals surface area contributed by atoms with Crippen LogP contribution in [0.2, 0.25) is 0 Å². The minimum absolute atomic E-state index is 0.247. The normalized spacial score (nSPS) is 19.1. The number of H-pyrrole nitrogens is 1. The summed E-state index contributed by atoms with van der Waals surface area (Å²) in [5, 5.41) is 0. The van der Waals surface area contributed by atoms with E-state index in [9.17, 15) is 4.39 Å². The minimum atomic E-state index is -1.06. The number of methoxy groups -OCH3 is 3. The van der Waals surface area contributed by atoms with E-state index in [1.54, 1.807) is 21.3 Å². The number of likely N-dealkylation sites (tertiary alicyclic amines) is 1. The highest BCUT2D eigenvalue weighted by molar-refractivity contribution is 5.75. The van der Waals surface area contributed by atoms with Gasteiger partial charge in [0.15, 0.2) is 11.5 Å². The number of imidazole rings is 1. The number of aromatic amines is 1. The first-order chi connectivity index (χ1) is 15.0. The summed E-state index contributed by atoms with van der Waals surface area (Å²) in [7, 11) is 4.73. The van der Waals surface area contributed by atoms with Crippen LogP contribution in [0.4, 0.5) is 4.39 Å². The fraction of sp³-hybridized carbons (Fsp3) is 0.435. The molecule has 2 heterocycles. The lowest BCUT2D eigenvalue weighted by atomic mass is 10.1. The monoisotopic (exact) mass is 429 g/mol. The van der Waals surface area contributed by atoms with Gasteiger partial charge in [0.05, 0.1) is 32.4 Å². The molecule has 2 atom stereocenters. The fourth-order valence-corrected chi connectivity index (χ4v) is 4.01. The molecule has 0 saturated carbocycles. The van der Waals surface area contributed by atoms with Crippen molar-refractivity contribution in [3.63, 3.8) is 0 Å². The second kappa shape index (κ2) is 9.11. The van der Waals surface area contributed by atoms with Crippen LogP contribution in [0.15, 0.2) is 30.3 Å². The lowest BCUT2D eigenvalue weighted by molar-refractivity contribution is 0.00863. The first-order valence-corrected chi connectivity index (χ1v) is 10.2. The summed E-state index contributed by atoms with van der Waals surface area (Å²) in [6.45, 7) is 3.64. The average molecular weight is 429 g/mol. The zero-order chi connectivity index (χ0) is 22.0. The van der Waals surface area contributed by atoms with Crippen LogP contribution in [0.3, 0.4) is 0 Å². The highest BCUT2D eigenvalue weighted by atomic mass is 19.1. The van der Waals surface area contributed by atoms with E-state index in [-0.39, 0.29) is 6.61 Å². The molecular weight excluding hydrogens is 401 g/mol. The van der Waals surface area contributed by atoms with Gasteiger partial charge >= 0.3 is 0 Å². The van der Waals surface area contributed by atoms with Crippen LogP contribution in [0.1, 0.15) is 17.0 Å². The van der Waals surface area contributed by atoms with Gasteiger partial charge in [0.25, 0.3) is 0 Å². The molecule has 7 nitrogen and oxygen atoms in total. The Hall–Kier alpha value is -2.84. The molecule has 8 heteroatoms. The van der Waals surface area contributed by atoms with E-state index in [4.69, 9.17) is 18.9 Å². The van der Waals surface area contributed by atoms with Gasteiger partial charge in [-0.05, 0) is 42.3 Å². The van der Waals surface area contributed by atoms with Crippen LogP contribution >= 0.6 is 0 Å². The predicted molar refractivity (Wildman–Crippen MR) is 116 cm³/mol. The molecule has 4 rings (SSSR count). The van der Waals surface area contributed by atoms with Crippen LogP contribution < -0.4 is 14.2 Å². The third-order valence-corrected chi connectivity index (χ3v) is 5.53. The van der Waals surface area contributed by atoms with Crippen molar-refractivity contribution in [1.29, 1.82) is 0 Å². The third kappa shape index (κ3) is 4.60. The molecule has 1 N–H and O–H groups in total. The Morgan fingerprint density at radius 2 is 1.81 bits per heavy atom. The summed E-state index contributed by atoms with van der Waals surface area (Å²) in [4.78, 5) is 9.80. The number of nitrogens with zero attached hydrogens (tertiary/aromatic N) is 2. The zero-order valence-electron chi connectivity index (χ0n) is 18.3. The maximum absolute atomic E-state index is 14.6. The van der Waals surface area contributed by atoms with E-state index in [2.05, 4.69) is 9.97 Å². The Balaban J connectivity index is 1.39. The van der Waals surface area contributed by atoms with Gasteiger partial charge in [0.1, 0.15) is 24.7 Å². The quantitative estimate of drug-likeness (QED) is 0.590. The number of halogens is 1. The van der Waals surface area contributed by atoms with Crippen molar-refractivity contribution in [3.8, 4) is 17.2 Å². The summed E-state index contributed by atoms with van der Waals surface area (Å²) in [6, 6.07) is 9.80. The average Bonchev–Trinajstić information content (AvgIpc) is 3.33. The molecule has 31 heavy (non-hydrogen) atoms. The van der Waals surface area contributed by atoms with Crippen molar-refractivity contribution in [2.45, 2.75) is 32.4 Å². The van der Waals surface area contributed by atoms with E-state index in [1.165, 1.54) is 0 Å². The lowest BCUT2D eigenvalue weighted by Gasteiger charge is -2.18. The van der Waals surface area contributed by atoms with Gasteiger partial charge in [-0.3, -0.25) is 4.90 Å². The number of hydrogen-bond acceptors (Lipinski definition) is 6. The van der Waals surface area contributed by atoms with Gasteiger partial charge in [-0.15, -0.1) is 0 Å². The number of benzene rings is 2. The van der Waals surface area contributed by atoms with Crippen LogP contribution in [-0.2, 0) is 17.9 Å². The Labute approximate surface area is 181 Å². The topological polar surface area (TPSA) is 68.8 Å². The van der Waals surface area contributed by atoms with Crippen LogP contribution in [0, 0.1) is 6.92 Å². The molecule has 2 aromatic carbocycles. The Bertz CT molecular complexity index is 1030. The number of alkyl halides is 1. The molecule has 166 valence electrons. The lowest BCUT2D eigenvalue weighted by Crippen LogP contribution is -2.24. The molecule has 1 aromatic heterocycles. The van der Waals surface area contributed by atoms with Crippen molar-refractivity contribution in [2.24, 2.45) is 0 Å². The molecule has 0 unspecified atom stereocenters. The summed E-state index contributed by atoms with van der Waals surface area (Å²) in [5.41, 5.74) is 3.96. The molecule has 0 bridgehead atoms. The second-order valence-electron chi connectivity index (χ2n) is 7.80. The SMILES string of the molecule is COc1cc(CN2C[C@@H](F)[C@@H](OCc3nc4ccc(C)cc4[nH]3)C2)cc(OC)c1OC. The standard InChI is InChI=1S/C23H28FN3O4/c1-14-5-6-17-18(7-14)26-22(25-17)13-31-21-12-27(11-16(21)24)10-15-8-19(28-2)23(30-4)20(9-15)29-3/h5-9,16,21H,10-13H2,1-4H3,(H,25,26)/t16-,21+/m1/s1. The van der Waals surface area contributed by atoms with Crippen LogP contribution in [-0.4, -0.2) is 61.6 Å². The first kappa shape index (κ1) is 21.4. The van der Waals surface area contributed by atoms with E-state index in [0.29, 0.717) is 42.7 Å². The molecule has 1 saturated heterocycles. The third-order valence-electron chi connectivity index (χ3n) is 5.53. The number of nitrogens with one attached hydrogen (secondary N) is 1. The largest absolute Gasteiger partial charge is 0.493 e. The number of aromatic nitrogens is 2. The number of aryl methyl sites for hydroxylation is 1. The molecule has 1 aliphatic rings. The molecule has 0 radical (unpaired) electrons. The van der Waals surface area contributed by atoms with Gasteiger partial charge in [-0.25, -0.2) is 9.37 Å². The van der Waals surface area contributed by atoms with E-state index >= 15 is 0 Å². The Morgan fingerprint density at radius 1 is 1.06 bits per heavy atom. The van der Waals surface area contributed by atoms with Crippen LogP contribution in [0.5, 0.6) is 17.2 Å². The summed E-state index contributed by atoms with van der Waals surface area (Å²) in [6.07, 6.45) is -1.56. The van der Waals surface area contributed by atoms with Gasteiger partial charge in [-0.2, -0.15) is 0 Å². The van der Waals surface area contributed by atoms with Crippen molar-refractivity contribution < 1.29 is 23.3 Å². The maximum Gasteiger partial charge on any atom is 0.203 e. The molecule has 0 aliphatic carbocycles. The van der Waals surface area contributed by atoms with E-state index in [1.807, 2.05) is 42.2 Å². The van der Waals surface area contributed by atoms with Crippen molar-refractivity contribution in [3.05, 3.63) is 47.3 Å². The zero-order valence-corrected chi connectivity index (χ0v) is 18.3. The van der Waals surface area contributed by atoms with Gasteiger partial charge < -0.3 is 23.9 Å². The Kier molecular flexibility index (Phi) is 6.29. The highest BCUT2D eigenvalue weighted by Crippen LogP contribution is 2.38. The van der Waals surface area contributed by atoms with Gasteiger partial charge in [-0.1, -0.05) is 6.07 Å². The smallest absolute Gasteiger partial charge is 0.203 e. The maximum atomic E-state index is 14.6. The molecular formula is C23H28FN3O4. The number of fused-ring (bicyclic) bond motifs is 1. The number of rotatable bonds is 8. The number of ether oxygens (including phenoxy) is 4.